The van der Waals surface area contributed by atoms with Gasteiger partial charge in [0.2, 0.25) is 0 Å². The van der Waals surface area contributed by atoms with Crippen molar-refractivity contribution >= 4 is 33.1 Å². The summed E-state index contributed by atoms with van der Waals surface area (Å²) in [6.07, 6.45) is 0. The van der Waals surface area contributed by atoms with Crippen LogP contribution in [0.5, 0.6) is 0 Å². The van der Waals surface area contributed by atoms with Gasteiger partial charge in [0.15, 0.2) is 5.00 Å². The molecule has 0 radical (unpaired) electrons. The van der Waals surface area contributed by atoms with Crippen LogP contribution in [-0.2, 0) is 5.00 Å². The van der Waals surface area contributed by atoms with Crippen LogP contribution in [-0.4, -0.2) is 0 Å². The molecule has 0 amide bonds. The summed E-state index contributed by atoms with van der Waals surface area (Å²) >= 11 is 6.73. The topological polar surface area (TPSA) is 24.7 Å². The predicted octanol–water partition coefficient (Wildman–Crippen LogP) is 7.62. The zero-order valence-electron chi connectivity index (χ0n) is 15.4. The summed E-state index contributed by atoms with van der Waals surface area (Å²) in [4.78, 5) is -0.894. The molecule has 0 aliphatic heterocycles. The highest BCUT2D eigenvalue weighted by atomic mass is 35.5. The summed E-state index contributed by atoms with van der Waals surface area (Å²) in [5, 5.41) is 13.8. The van der Waals surface area contributed by atoms with Gasteiger partial charge in [-0.3, -0.25) is 0 Å². The monoisotopic (exact) mass is 372 g/mol. The van der Waals surface area contributed by atoms with E-state index in [1.165, 1.54) is 16.2 Å². The summed E-state index contributed by atoms with van der Waals surface area (Å²) in [5.41, 5.74) is 2.07. The Balaban J connectivity index is 1.60. The molecule has 0 saturated heterocycles. The van der Waals surface area contributed by atoms with E-state index in [0.717, 1.165) is 16.5 Å². The Hall–Kier alpha value is -2.71. The van der Waals surface area contributed by atoms with Crippen molar-refractivity contribution < 1.29 is 0 Å². The van der Waals surface area contributed by atoms with Gasteiger partial charge in [-0.25, -0.2) is 0 Å². The molecule has 0 aliphatic carbocycles. The fourth-order valence-corrected chi connectivity index (χ4v) is 3.42. The Bertz CT molecular complexity index is 1130. The molecular weight excluding hydrogens is 352 g/mol. The highest BCUT2D eigenvalue weighted by Crippen LogP contribution is 2.34. The Labute approximate surface area is 164 Å². The summed E-state index contributed by atoms with van der Waals surface area (Å²) in [6.45, 7) is 3.93. The van der Waals surface area contributed by atoms with Crippen molar-refractivity contribution in [3.05, 3.63) is 96.1 Å². The summed E-state index contributed by atoms with van der Waals surface area (Å²) < 4.78 is 0. The molecule has 4 aromatic rings. The van der Waals surface area contributed by atoms with Crippen LogP contribution in [0, 0.1) is 0 Å². The third kappa shape index (κ3) is 3.72. The minimum absolute atomic E-state index is 0.0619. The van der Waals surface area contributed by atoms with Gasteiger partial charge in [0.1, 0.15) is 0 Å². The third-order valence-electron chi connectivity index (χ3n) is 4.95. The number of nitrogens with zero attached hydrogens (tertiary/aromatic N) is 2. The van der Waals surface area contributed by atoms with E-state index in [0.29, 0.717) is 0 Å². The van der Waals surface area contributed by atoms with Gasteiger partial charge in [0.25, 0.3) is 0 Å². The number of hydrogen-bond acceptors (Lipinski definition) is 2. The second kappa shape index (κ2) is 7.13. The van der Waals surface area contributed by atoms with Crippen LogP contribution in [0.4, 0.5) is 0 Å². The van der Waals surface area contributed by atoms with Crippen molar-refractivity contribution in [2.24, 2.45) is 10.2 Å². The lowest BCUT2D eigenvalue weighted by Crippen LogP contribution is -2.09. The van der Waals surface area contributed by atoms with Crippen molar-refractivity contribution in [1.82, 2.24) is 0 Å². The molecule has 2 atom stereocenters. The maximum atomic E-state index is 6.73. The standard InChI is InChI=1S/C24H21ClN2/c1-17(20-12-11-18-7-3-5-9-21(18)15-20)26-27-24(2,25)23-14-13-19-8-4-6-10-22(19)16-23/h3-17H,1-2H3. The Morgan fingerprint density at radius 1 is 0.741 bits per heavy atom. The Morgan fingerprint density at radius 2 is 1.30 bits per heavy atom. The molecule has 0 heterocycles. The Kier molecular flexibility index (Phi) is 4.67. The second-order valence-electron chi connectivity index (χ2n) is 7.01. The quantitative estimate of drug-likeness (QED) is 0.200. The van der Waals surface area contributed by atoms with E-state index < -0.39 is 5.00 Å². The van der Waals surface area contributed by atoms with Crippen LogP contribution in [0.2, 0.25) is 0 Å². The number of halogens is 1. The van der Waals surface area contributed by atoms with Gasteiger partial charge in [-0.2, -0.15) is 10.2 Å². The molecule has 2 nitrogen and oxygen atoms in total. The molecule has 0 bridgehead atoms. The van der Waals surface area contributed by atoms with Gasteiger partial charge in [0.05, 0.1) is 6.04 Å². The normalized spacial score (nSPS) is 15.2. The highest BCUT2D eigenvalue weighted by molar-refractivity contribution is 6.23. The van der Waals surface area contributed by atoms with Crippen molar-refractivity contribution in [3.8, 4) is 0 Å². The molecule has 0 N–H and O–H groups in total. The smallest absolute Gasteiger partial charge is 0.176 e. The number of azo groups is 1. The van der Waals surface area contributed by atoms with Gasteiger partial charge in [-0.05, 0) is 58.7 Å². The van der Waals surface area contributed by atoms with Gasteiger partial charge < -0.3 is 0 Å². The van der Waals surface area contributed by atoms with Crippen molar-refractivity contribution in [1.29, 1.82) is 0 Å². The first-order chi connectivity index (χ1) is 13.0. The van der Waals surface area contributed by atoms with E-state index in [2.05, 4.69) is 64.8 Å². The number of alkyl halides is 1. The van der Waals surface area contributed by atoms with E-state index in [4.69, 9.17) is 11.6 Å². The van der Waals surface area contributed by atoms with E-state index in [-0.39, 0.29) is 6.04 Å². The van der Waals surface area contributed by atoms with Crippen LogP contribution < -0.4 is 0 Å². The molecule has 4 rings (SSSR count). The number of rotatable bonds is 4. The van der Waals surface area contributed by atoms with Crippen LogP contribution >= 0.6 is 11.6 Å². The molecular formula is C24H21ClN2. The molecule has 3 heteroatoms. The van der Waals surface area contributed by atoms with Gasteiger partial charge in [-0.1, -0.05) is 84.4 Å². The molecule has 0 fully saturated rings. The van der Waals surface area contributed by atoms with Crippen molar-refractivity contribution in [3.63, 3.8) is 0 Å². The fraction of sp³-hybridized carbons (Fsp3) is 0.167. The maximum absolute atomic E-state index is 6.73. The summed E-state index contributed by atoms with van der Waals surface area (Å²) in [6, 6.07) is 29.1. The van der Waals surface area contributed by atoms with Gasteiger partial charge in [0, 0.05) is 0 Å². The van der Waals surface area contributed by atoms with Crippen LogP contribution in [0.25, 0.3) is 21.5 Å². The number of fused-ring (bicyclic) bond motifs is 2. The van der Waals surface area contributed by atoms with E-state index in [1.54, 1.807) is 0 Å². The molecule has 2 unspecified atom stereocenters. The summed E-state index contributed by atoms with van der Waals surface area (Å²) in [7, 11) is 0. The van der Waals surface area contributed by atoms with Crippen LogP contribution in [0.15, 0.2) is 95.2 Å². The molecule has 4 aromatic carbocycles. The van der Waals surface area contributed by atoms with E-state index in [9.17, 15) is 0 Å². The molecule has 0 spiro atoms. The first-order valence-corrected chi connectivity index (χ1v) is 9.50. The first kappa shape index (κ1) is 17.7. The average Bonchev–Trinajstić information content (AvgIpc) is 2.71. The molecule has 134 valence electrons. The van der Waals surface area contributed by atoms with Crippen molar-refractivity contribution in [2.75, 3.05) is 0 Å². The lowest BCUT2D eigenvalue weighted by atomic mass is 10.0. The Morgan fingerprint density at radius 3 is 1.96 bits per heavy atom. The van der Waals surface area contributed by atoms with Crippen molar-refractivity contribution in [2.45, 2.75) is 24.9 Å². The van der Waals surface area contributed by atoms with E-state index >= 15 is 0 Å². The molecule has 0 aromatic heterocycles. The summed E-state index contributed by atoms with van der Waals surface area (Å²) in [5.74, 6) is 0. The van der Waals surface area contributed by atoms with Gasteiger partial charge >= 0.3 is 0 Å². The SMILES string of the molecule is CC(N=NC(C)(Cl)c1ccc2ccccc2c1)c1ccc2ccccc2c1. The largest absolute Gasteiger partial charge is 0.184 e. The van der Waals surface area contributed by atoms with Crippen LogP contribution in [0.1, 0.15) is 31.0 Å². The zero-order valence-corrected chi connectivity index (χ0v) is 16.2. The predicted molar refractivity (Wildman–Crippen MR) is 114 cm³/mol. The molecule has 0 aliphatic rings. The zero-order chi connectivity index (χ0) is 18.9. The highest BCUT2D eigenvalue weighted by Gasteiger charge is 2.23. The lowest BCUT2D eigenvalue weighted by Gasteiger charge is -2.18. The average molecular weight is 373 g/mol. The lowest BCUT2D eigenvalue weighted by molar-refractivity contribution is 0.613. The first-order valence-electron chi connectivity index (χ1n) is 9.12. The molecule has 27 heavy (non-hydrogen) atoms. The molecule has 0 saturated carbocycles. The van der Waals surface area contributed by atoms with Crippen LogP contribution in [0.3, 0.4) is 0 Å². The minimum Gasteiger partial charge on any atom is -0.184 e. The second-order valence-corrected chi connectivity index (χ2v) is 7.75. The number of benzene rings is 4. The van der Waals surface area contributed by atoms with Gasteiger partial charge in [-0.15, -0.1) is 0 Å². The fourth-order valence-electron chi connectivity index (χ4n) is 3.26. The van der Waals surface area contributed by atoms with E-state index in [1.807, 2.05) is 44.2 Å². The third-order valence-corrected chi connectivity index (χ3v) is 5.24. The minimum atomic E-state index is -0.894. The number of hydrogen-bond donors (Lipinski definition) is 0. The maximum Gasteiger partial charge on any atom is 0.176 e.